The van der Waals surface area contributed by atoms with Gasteiger partial charge in [0.05, 0.1) is 12.2 Å². The van der Waals surface area contributed by atoms with Crippen molar-refractivity contribution in [3.8, 4) is 0 Å². The van der Waals surface area contributed by atoms with Crippen LogP contribution in [0.15, 0.2) is 0 Å². The molecule has 2 atom stereocenters. The van der Waals surface area contributed by atoms with Gasteiger partial charge in [0.15, 0.2) is 16.6 Å². The Kier molecular flexibility index (Phi) is 28.9. The molecule has 0 bridgehead atoms. The van der Waals surface area contributed by atoms with Crippen molar-refractivity contribution in [1.29, 1.82) is 0 Å². The first-order valence-corrected chi connectivity index (χ1v) is 26.8. The fraction of sp³-hybridized carbons (Fsp3) is 0.976. The molecule has 0 aromatic carbocycles. The zero-order valence-corrected chi connectivity index (χ0v) is 38.2. The zero-order valence-electron chi connectivity index (χ0n) is 36.2. The van der Waals surface area contributed by atoms with E-state index in [0.29, 0.717) is 12.2 Å². The van der Waals surface area contributed by atoms with Gasteiger partial charge in [0, 0.05) is 13.1 Å². The molecule has 52 heavy (non-hydrogen) atoms. The minimum atomic E-state index is -5.08. The van der Waals surface area contributed by atoms with E-state index >= 15 is 0 Å². The van der Waals surface area contributed by atoms with E-state index in [2.05, 4.69) is 86.5 Å². The van der Waals surface area contributed by atoms with Crippen LogP contribution in [0.5, 0.6) is 0 Å². The molecule has 6 nitrogen and oxygen atoms in total. The Morgan fingerprint density at radius 1 is 0.615 bits per heavy atom. The Balaban J connectivity index is 0. The molecule has 0 amide bonds. The molecule has 0 rings (SSSR count). The summed E-state index contributed by atoms with van der Waals surface area (Å²) in [6.45, 7) is 32.4. The van der Waals surface area contributed by atoms with Crippen LogP contribution in [0.1, 0.15) is 177 Å². The molecule has 0 aromatic heterocycles. The number of alkyl halides is 3. The van der Waals surface area contributed by atoms with Crippen molar-refractivity contribution in [3.63, 3.8) is 0 Å². The summed E-state index contributed by atoms with van der Waals surface area (Å²) in [4.78, 5) is 11.6. The first-order valence-electron chi connectivity index (χ1n) is 21.0. The highest BCUT2D eigenvalue weighted by atomic mass is 28.4. The molecule has 3 N–H and O–H groups in total. The number of carbonyl (C=O) groups is 1. The summed E-state index contributed by atoms with van der Waals surface area (Å²) in [7, 11) is -3.76. The van der Waals surface area contributed by atoms with Crippen LogP contribution in [0.2, 0.25) is 36.3 Å². The number of carboxylic acids is 1. The molecule has 0 aliphatic carbocycles. The van der Waals surface area contributed by atoms with E-state index in [-0.39, 0.29) is 10.1 Å². The van der Waals surface area contributed by atoms with Crippen molar-refractivity contribution >= 4 is 22.6 Å². The van der Waals surface area contributed by atoms with E-state index in [0.717, 1.165) is 32.6 Å². The number of unbranched alkanes of at least 4 members (excludes halogenated alkanes) is 14. The summed E-state index contributed by atoms with van der Waals surface area (Å²) in [6, 6.07) is 0. The van der Waals surface area contributed by atoms with Crippen LogP contribution in [0.25, 0.3) is 0 Å². The average Bonchev–Trinajstić information content (AvgIpc) is 3.00. The topological polar surface area (TPSA) is 85.0 Å². The first-order chi connectivity index (χ1) is 23.9. The lowest BCUT2D eigenvalue weighted by atomic mass is 10.0. The summed E-state index contributed by atoms with van der Waals surface area (Å²) < 4.78 is 46.1. The Morgan fingerprint density at radius 3 is 1.15 bits per heavy atom. The van der Waals surface area contributed by atoms with Gasteiger partial charge in [0.1, 0.15) is 0 Å². The predicted octanol–water partition coefficient (Wildman–Crippen LogP) is 13.1. The van der Waals surface area contributed by atoms with Gasteiger partial charge in [0.25, 0.3) is 0 Å². The molecule has 314 valence electrons. The standard InChI is InChI=1S/C39H86N2O2Si2.C2HF3O2/c1-13-15-17-19-21-23-25-27-30-36(42-44(9,10)38(3,4)5)34-41(33-29-32-40)35-37(43-45(11,12)39(6,7)8)31-28-26-24-22-20-18-16-14-2;3-2(4,5)1(6)7/h36-37H,13-35,40H2,1-12H3;(H,6,7). The normalized spacial score (nSPS) is 14.3. The zero-order chi connectivity index (χ0) is 40.5. The number of rotatable bonds is 29. The first kappa shape index (κ1) is 53.6. The van der Waals surface area contributed by atoms with Gasteiger partial charge >= 0.3 is 12.1 Å². The highest BCUT2D eigenvalue weighted by Gasteiger charge is 2.41. The third-order valence-electron chi connectivity index (χ3n) is 11.1. The van der Waals surface area contributed by atoms with Crippen LogP contribution in [0.4, 0.5) is 13.2 Å². The second kappa shape index (κ2) is 28.0. The number of aliphatic carboxylic acids is 1. The van der Waals surface area contributed by atoms with Crippen LogP contribution in [-0.2, 0) is 13.6 Å². The van der Waals surface area contributed by atoms with Crippen LogP contribution in [0, 0.1) is 0 Å². The van der Waals surface area contributed by atoms with E-state index in [4.69, 9.17) is 24.5 Å². The monoisotopic (exact) mass is 785 g/mol. The number of nitrogens with zero attached hydrogens (tertiary/aromatic N) is 1. The lowest BCUT2D eigenvalue weighted by Crippen LogP contribution is -2.50. The Bertz CT molecular complexity index is 824. The third kappa shape index (κ3) is 27.2. The predicted molar refractivity (Wildman–Crippen MR) is 222 cm³/mol. The molecule has 0 saturated heterocycles. The van der Waals surface area contributed by atoms with Gasteiger partial charge in [-0.15, -0.1) is 0 Å². The van der Waals surface area contributed by atoms with Gasteiger partial charge in [-0.25, -0.2) is 4.79 Å². The fourth-order valence-corrected chi connectivity index (χ4v) is 8.48. The van der Waals surface area contributed by atoms with Gasteiger partial charge in [-0.1, -0.05) is 158 Å². The lowest BCUT2D eigenvalue weighted by Gasteiger charge is -2.42. The number of nitrogens with two attached hydrogens (primary N) is 1. The average molecular weight is 785 g/mol. The molecule has 0 aliphatic heterocycles. The SMILES string of the molecule is CCCCCCCCCCC(CN(CCCN)CC(CCCCCCCCCC)O[Si](C)(C)C(C)(C)C)O[Si](C)(C)C(C)(C)C.O=C(O)C(F)(F)F. The summed E-state index contributed by atoms with van der Waals surface area (Å²) >= 11 is 0. The highest BCUT2D eigenvalue weighted by Crippen LogP contribution is 2.39. The molecule has 0 aliphatic rings. The molecule has 0 aromatic rings. The smallest absolute Gasteiger partial charge is 0.475 e. The van der Waals surface area contributed by atoms with Gasteiger partial charge in [-0.05, 0) is 68.6 Å². The van der Waals surface area contributed by atoms with Crippen molar-refractivity contribution in [1.82, 2.24) is 4.90 Å². The van der Waals surface area contributed by atoms with E-state index in [1.165, 1.54) is 116 Å². The molecule has 0 heterocycles. The quantitative estimate of drug-likeness (QED) is 0.0580. The third-order valence-corrected chi connectivity index (χ3v) is 20.2. The van der Waals surface area contributed by atoms with E-state index in [1.54, 1.807) is 0 Å². The summed E-state index contributed by atoms with van der Waals surface area (Å²) in [5.74, 6) is -2.76. The number of carboxylic acid groups (broad SMARTS) is 1. The summed E-state index contributed by atoms with van der Waals surface area (Å²) in [5.41, 5.74) is 6.09. The molecule has 0 fully saturated rings. The Hall–Kier alpha value is -0.466. The maximum Gasteiger partial charge on any atom is 0.490 e. The van der Waals surface area contributed by atoms with Crippen LogP contribution in [0.3, 0.4) is 0 Å². The molecule has 0 saturated carbocycles. The van der Waals surface area contributed by atoms with Gasteiger partial charge in [-0.3, -0.25) is 4.90 Å². The van der Waals surface area contributed by atoms with Crippen molar-refractivity contribution < 1.29 is 31.9 Å². The van der Waals surface area contributed by atoms with Gasteiger partial charge in [0.2, 0.25) is 0 Å². The van der Waals surface area contributed by atoms with Crippen molar-refractivity contribution in [2.45, 2.75) is 232 Å². The maximum atomic E-state index is 10.6. The van der Waals surface area contributed by atoms with E-state index < -0.39 is 28.8 Å². The number of hydrogen-bond acceptors (Lipinski definition) is 5. The maximum absolute atomic E-state index is 10.6. The van der Waals surface area contributed by atoms with Crippen molar-refractivity contribution in [2.24, 2.45) is 5.73 Å². The Morgan fingerprint density at radius 2 is 0.904 bits per heavy atom. The Labute approximate surface area is 322 Å². The molecule has 0 radical (unpaired) electrons. The van der Waals surface area contributed by atoms with E-state index in [9.17, 15) is 13.2 Å². The minimum Gasteiger partial charge on any atom is -0.475 e. The van der Waals surface area contributed by atoms with Gasteiger partial charge in [-0.2, -0.15) is 13.2 Å². The van der Waals surface area contributed by atoms with Crippen LogP contribution < -0.4 is 5.73 Å². The fourth-order valence-electron chi connectivity index (χ4n) is 5.72. The van der Waals surface area contributed by atoms with Gasteiger partial charge < -0.3 is 19.7 Å². The molecular formula is C41H87F3N2O4Si2. The van der Waals surface area contributed by atoms with Crippen LogP contribution >= 0.6 is 0 Å². The lowest BCUT2D eigenvalue weighted by molar-refractivity contribution is -0.192. The second-order valence-corrected chi connectivity index (χ2v) is 27.7. The summed E-state index contributed by atoms with van der Waals surface area (Å²) in [5, 5.41) is 7.56. The molecule has 0 spiro atoms. The van der Waals surface area contributed by atoms with Crippen LogP contribution in [-0.4, -0.2) is 77.2 Å². The van der Waals surface area contributed by atoms with Crippen molar-refractivity contribution in [2.75, 3.05) is 26.2 Å². The molecule has 11 heteroatoms. The van der Waals surface area contributed by atoms with Crippen molar-refractivity contribution in [3.05, 3.63) is 0 Å². The largest absolute Gasteiger partial charge is 0.490 e. The highest BCUT2D eigenvalue weighted by molar-refractivity contribution is 6.74. The molecular weight excluding hydrogens is 698 g/mol. The molecule has 2 unspecified atom stereocenters. The number of halogens is 3. The minimum absolute atomic E-state index is 0.219. The number of hydrogen-bond donors (Lipinski definition) is 2. The summed E-state index contributed by atoms with van der Waals surface area (Å²) in [6.07, 6.45) is 20.7. The van der Waals surface area contributed by atoms with E-state index in [1.807, 2.05) is 0 Å². The second-order valence-electron chi connectivity index (χ2n) is 18.2.